The van der Waals surface area contributed by atoms with Crippen LogP contribution in [0.5, 0.6) is 0 Å². The zero-order valence-corrected chi connectivity index (χ0v) is 6.24. The summed E-state index contributed by atoms with van der Waals surface area (Å²) in [6, 6.07) is 0. The van der Waals surface area contributed by atoms with E-state index in [1.54, 1.807) is 0 Å². The third-order valence-electron chi connectivity index (χ3n) is 0.656. The standard InChI is InChI=1S/C4H8Cl2O2/c1-7-3(5)4(6)8-2/h3-4H,1-2H3. The molecule has 0 fully saturated rings. The lowest BCUT2D eigenvalue weighted by molar-refractivity contribution is 0.0521. The molecule has 0 saturated carbocycles. The first-order valence-electron chi connectivity index (χ1n) is 2.06. The first-order chi connectivity index (χ1) is 3.72. The molecule has 0 rings (SSSR count). The lowest BCUT2D eigenvalue weighted by Gasteiger charge is -2.11. The number of alkyl halides is 2. The van der Waals surface area contributed by atoms with Crippen LogP contribution in [-0.2, 0) is 9.47 Å². The van der Waals surface area contributed by atoms with Gasteiger partial charge in [0.25, 0.3) is 0 Å². The van der Waals surface area contributed by atoms with Gasteiger partial charge in [0, 0.05) is 14.2 Å². The van der Waals surface area contributed by atoms with Crippen molar-refractivity contribution in [1.82, 2.24) is 0 Å². The van der Waals surface area contributed by atoms with Crippen molar-refractivity contribution in [2.24, 2.45) is 0 Å². The van der Waals surface area contributed by atoms with Gasteiger partial charge in [-0.05, 0) is 0 Å². The molecule has 50 valence electrons. The van der Waals surface area contributed by atoms with Crippen molar-refractivity contribution in [2.45, 2.75) is 11.1 Å². The van der Waals surface area contributed by atoms with E-state index in [0.29, 0.717) is 0 Å². The molecular weight excluding hydrogens is 151 g/mol. The minimum absolute atomic E-state index is 0.568. The maximum atomic E-state index is 5.44. The fourth-order valence-electron chi connectivity index (χ4n) is 0.214. The van der Waals surface area contributed by atoms with E-state index in [-0.39, 0.29) is 0 Å². The van der Waals surface area contributed by atoms with Crippen LogP contribution in [0.1, 0.15) is 0 Å². The Hall–Kier alpha value is 0.500. The van der Waals surface area contributed by atoms with Gasteiger partial charge in [-0.25, -0.2) is 0 Å². The molecule has 4 heteroatoms. The average molecular weight is 159 g/mol. The lowest BCUT2D eigenvalue weighted by atomic mass is 10.7. The maximum absolute atomic E-state index is 5.44. The van der Waals surface area contributed by atoms with Crippen LogP contribution in [0.2, 0.25) is 0 Å². The van der Waals surface area contributed by atoms with Gasteiger partial charge in [-0.3, -0.25) is 0 Å². The molecule has 8 heavy (non-hydrogen) atoms. The van der Waals surface area contributed by atoms with Gasteiger partial charge in [0.05, 0.1) is 0 Å². The van der Waals surface area contributed by atoms with E-state index >= 15 is 0 Å². The third-order valence-corrected chi connectivity index (χ3v) is 1.60. The predicted molar refractivity (Wildman–Crippen MR) is 33.3 cm³/mol. The molecule has 0 heterocycles. The second-order valence-electron chi connectivity index (χ2n) is 1.17. The van der Waals surface area contributed by atoms with Crippen LogP contribution < -0.4 is 0 Å². The van der Waals surface area contributed by atoms with E-state index in [0.717, 1.165) is 0 Å². The summed E-state index contributed by atoms with van der Waals surface area (Å²) in [5.41, 5.74) is -1.14. The Morgan fingerprint density at radius 1 is 1.00 bits per heavy atom. The van der Waals surface area contributed by atoms with Crippen LogP contribution >= 0.6 is 23.2 Å². The van der Waals surface area contributed by atoms with Crippen molar-refractivity contribution in [2.75, 3.05) is 14.2 Å². The van der Waals surface area contributed by atoms with Crippen LogP contribution in [-0.4, -0.2) is 25.3 Å². The molecule has 2 atom stereocenters. The third kappa shape index (κ3) is 2.72. The lowest BCUT2D eigenvalue weighted by Crippen LogP contribution is -2.18. The minimum atomic E-state index is -0.568. The van der Waals surface area contributed by atoms with E-state index in [1.807, 2.05) is 0 Å². The van der Waals surface area contributed by atoms with E-state index in [4.69, 9.17) is 23.2 Å². The quantitative estimate of drug-likeness (QED) is 0.579. The van der Waals surface area contributed by atoms with E-state index in [2.05, 4.69) is 9.47 Å². The van der Waals surface area contributed by atoms with Crippen molar-refractivity contribution in [3.63, 3.8) is 0 Å². The Labute approximate surface area is 58.7 Å². The number of hydrogen-bond acceptors (Lipinski definition) is 2. The summed E-state index contributed by atoms with van der Waals surface area (Å²) in [5.74, 6) is 0. The first kappa shape index (κ1) is 8.50. The normalized spacial score (nSPS) is 18.0. The number of halogens is 2. The van der Waals surface area contributed by atoms with Gasteiger partial charge in [-0.15, -0.1) is 0 Å². The second kappa shape index (κ2) is 4.39. The fourth-order valence-corrected chi connectivity index (χ4v) is 0.420. The average Bonchev–Trinajstić information content (AvgIpc) is 1.84. The minimum Gasteiger partial charge on any atom is -0.362 e. The van der Waals surface area contributed by atoms with Crippen molar-refractivity contribution < 1.29 is 9.47 Å². The molecule has 0 saturated heterocycles. The molecule has 0 N–H and O–H groups in total. The molecule has 0 bridgehead atoms. The first-order valence-corrected chi connectivity index (χ1v) is 2.93. The predicted octanol–water partition coefficient (Wildman–Crippen LogP) is 1.41. The van der Waals surface area contributed by atoms with Gasteiger partial charge in [-0.2, -0.15) is 0 Å². The van der Waals surface area contributed by atoms with Crippen molar-refractivity contribution in [1.29, 1.82) is 0 Å². The van der Waals surface area contributed by atoms with Crippen molar-refractivity contribution in [3.05, 3.63) is 0 Å². The van der Waals surface area contributed by atoms with Gasteiger partial charge >= 0.3 is 0 Å². The molecule has 2 nitrogen and oxygen atoms in total. The molecule has 0 aromatic rings. The Bertz CT molecular complexity index is 52.0. The van der Waals surface area contributed by atoms with Crippen LogP contribution in [0, 0.1) is 0 Å². The van der Waals surface area contributed by atoms with E-state index < -0.39 is 11.1 Å². The summed E-state index contributed by atoms with van der Waals surface area (Å²) in [5, 5.41) is 0. The summed E-state index contributed by atoms with van der Waals surface area (Å²) in [6.07, 6.45) is 0. The van der Waals surface area contributed by atoms with Crippen molar-refractivity contribution >= 4 is 23.2 Å². The maximum Gasteiger partial charge on any atom is 0.170 e. The summed E-state index contributed by atoms with van der Waals surface area (Å²) in [4.78, 5) is 0. The highest BCUT2D eigenvalue weighted by atomic mass is 35.5. The Morgan fingerprint density at radius 2 is 1.25 bits per heavy atom. The molecule has 0 aliphatic carbocycles. The highest BCUT2D eigenvalue weighted by molar-refractivity contribution is 6.28. The number of hydrogen-bond donors (Lipinski definition) is 0. The monoisotopic (exact) mass is 158 g/mol. The van der Waals surface area contributed by atoms with Gasteiger partial charge < -0.3 is 9.47 Å². The molecular formula is C4H8Cl2O2. The van der Waals surface area contributed by atoms with Crippen LogP contribution in [0.4, 0.5) is 0 Å². The number of rotatable bonds is 3. The highest BCUT2D eigenvalue weighted by Gasteiger charge is 2.13. The summed E-state index contributed by atoms with van der Waals surface area (Å²) >= 11 is 10.9. The topological polar surface area (TPSA) is 18.5 Å². The summed E-state index contributed by atoms with van der Waals surface area (Å²) in [7, 11) is 2.93. The molecule has 0 aromatic heterocycles. The number of ether oxygens (including phenoxy) is 2. The smallest absolute Gasteiger partial charge is 0.170 e. The van der Waals surface area contributed by atoms with E-state index in [9.17, 15) is 0 Å². The van der Waals surface area contributed by atoms with Gasteiger partial charge in [0.2, 0.25) is 0 Å². The fraction of sp³-hybridized carbons (Fsp3) is 1.00. The zero-order chi connectivity index (χ0) is 6.57. The molecule has 2 unspecified atom stereocenters. The zero-order valence-electron chi connectivity index (χ0n) is 4.73. The SMILES string of the molecule is COC(Cl)C(Cl)OC. The number of methoxy groups -OCH3 is 2. The van der Waals surface area contributed by atoms with Gasteiger partial charge in [0.1, 0.15) is 0 Å². The Balaban J connectivity index is 3.29. The Morgan fingerprint density at radius 3 is 1.38 bits per heavy atom. The molecule has 0 amide bonds. The highest BCUT2D eigenvalue weighted by Crippen LogP contribution is 2.09. The molecule has 0 aliphatic heterocycles. The molecule has 0 radical (unpaired) electrons. The van der Waals surface area contributed by atoms with Gasteiger partial charge in [0.15, 0.2) is 11.1 Å². The molecule has 0 aromatic carbocycles. The largest absolute Gasteiger partial charge is 0.362 e. The van der Waals surface area contributed by atoms with Crippen molar-refractivity contribution in [3.8, 4) is 0 Å². The van der Waals surface area contributed by atoms with Gasteiger partial charge in [-0.1, -0.05) is 23.2 Å². The van der Waals surface area contributed by atoms with Crippen LogP contribution in [0.25, 0.3) is 0 Å². The molecule has 0 spiro atoms. The summed E-state index contributed by atoms with van der Waals surface area (Å²) in [6.45, 7) is 0. The Kier molecular flexibility index (Phi) is 4.66. The molecule has 0 aliphatic rings. The van der Waals surface area contributed by atoms with Crippen LogP contribution in [0.3, 0.4) is 0 Å². The summed E-state index contributed by atoms with van der Waals surface area (Å²) < 4.78 is 9.22. The van der Waals surface area contributed by atoms with Crippen LogP contribution in [0.15, 0.2) is 0 Å². The van der Waals surface area contributed by atoms with E-state index in [1.165, 1.54) is 14.2 Å². The second-order valence-corrected chi connectivity index (χ2v) is 2.03.